The molecular weight excluding hydrogens is 219 g/mol. The predicted octanol–water partition coefficient (Wildman–Crippen LogP) is 2.88. The Kier molecular flexibility index (Phi) is 4.62. The fourth-order valence-electron chi connectivity index (χ4n) is 2.40. The molecule has 1 saturated carbocycles. The first kappa shape index (κ1) is 13.8. The molecule has 16 heavy (non-hydrogen) atoms. The van der Waals surface area contributed by atoms with Gasteiger partial charge in [0.1, 0.15) is 0 Å². The quantitative estimate of drug-likeness (QED) is 0.769. The van der Waals surface area contributed by atoms with Crippen LogP contribution in [0.25, 0.3) is 0 Å². The van der Waals surface area contributed by atoms with Crippen molar-refractivity contribution in [3.05, 3.63) is 0 Å². The molecule has 0 spiro atoms. The van der Waals surface area contributed by atoms with Crippen LogP contribution in [-0.4, -0.2) is 32.0 Å². The van der Waals surface area contributed by atoms with Gasteiger partial charge in [-0.3, -0.25) is 0 Å². The molecule has 1 atom stereocenters. The van der Waals surface area contributed by atoms with Gasteiger partial charge in [0, 0.05) is 19.6 Å². The van der Waals surface area contributed by atoms with Crippen molar-refractivity contribution in [2.75, 3.05) is 14.2 Å². The molecular formula is C11H20F3NO. The third-order valence-corrected chi connectivity index (χ3v) is 3.54. The summed E-state index contributed by atoms with van der Waals surface area (Å²) in [4.78, 5) is 0. The number of hydrogen-bond acceptors (Lipinski definition) is 2. The number of ether oxygens (including phenoxy) is 1. The van der Waals surface area contributed by atoms with E-state index in [0.717, 1.165) is 19.3 Å². The average molecular weight is 239 g/mol. The lowest BCUT2D eigenvalue weighted by Crippen LogP contribution is -2.55. The number of likely N-dealkylation sites (N-methyl/N-ethyl adjacent to an activating group) is 1. The minimum Gasteiger partial charge on any atom is -0.377 e. The van der Waals surface area contributed by atoms with Gasteiger partial charge in [0.05, 0.1) is 5.60 Å². The van der Waals surface area contributed by atoms with E-state index >= 15 is 0 Å². The Hall–Kier alpha value is -0.290. The Labute approximate surface area is 94.5 Å². The van der Waals surface area contributed by atoms with E-state index in [9.17, 15) is 13.2 Å². The van der Waals surface area contributed by atoms with Crippen molar-refractivity contribution in [3.8, 4) is 0 Å². The van der Waals surface area contributed by atoms with Crippen LogP contribution in [0.2, 0.25) is 0 Å². The van der Waals surface area contributed by atoms with Gasteiger partial charge in [-0.25, -0.2) is 0 Å². The minimum atomic E-state index is -4.04. The SMILES string of the molecule is CNC(CCCC(F)(F)F)C1(OC)CCC1. The van der Waals surface area contributed by atoms with Crippen LogP contribution in [0.3, 0.4) is 0 Å². The molecule has 96 valence electrons. The zero-order valence-corrected chi connectivity index (χ0v) is 9.86. The summed E-state index contributed by atoms with van der Waals surface area (Å²) in [7, 11) is 3.44. The molecule has 1 aliphatic carbocycles. The van der Waals surface area contributed by atoms with Crippen molar-refractivity contribution < 1.29 is 17.9 Å². The number of rotatable bonds is 6. The zero-order valence-electron chi connectivity index (χ0n) is 9.86. The first-order valence-electron chi connectivity index (χ1n) is 5.73. The number of hydrogen-bond donors (Lipinski definition) is 1. The molecule has 0 aliphatic heterocycles. The van der Waals surface area contributed by atoms with E-state index in [1.807, 2.05) is 0 Å². The highest BCUT2D eigenvalue weighted by atomic mass is 19.4. The van der Waals surface area contributed by atoms with Gasteiger partial charge in [-0.15, -0.1) is 0 Å². The van der Waals surface area contributed by atoms with Crippen molar-refractivity contribution in [2.45, 2.75) is 56.3 Å². The maximum absolute atomic E-state index is 12.0. The van der Waals surface area contributed by atoms with Crippen LogP contribution in [0.15, 0.2) is 0 Å². The highest BCUT2D eigenvalue weighted by molar-refractivity contribution is 4.99. The second kappa shape index (κ2) is 5.36. The minimum absolute atomic E-state index is 0.0357. The lowest BCUT2D eigenvalue weighted by atomic mass is 9.73. The van der Waals surface area contributed by atoms with Gasteiger partial charge >= 0.3 is 6.18 Å². The summed E-state index contributed by atoms with van der Waals surface area (Å²) in [5.41, 5.74) is -0.222. The maximum atomic E-state index is 12.0. The molecule has 0 aromatic carbocycles. The number of nitrogens with one attached hydrogen (secondary N) is 1. The number of alkyl halides is 3. The van der Waals surface area contributed by atoms with Gasteiger partial charge in [0.2, 0.25) is 0 Å². The predicted molar refractivity (Wildman–Crippen MR) is 56.3 cm³/mol. The van der Waals surface area contributed by atoms with Crippen LogP contribution in [0.4, 0.5) is 13.2 Å². The van der Waals surface area contributed by atoms with Gasteiger partial charge in [-0.1, -0.05) is 0 Å². The van der Waals surface area contributed by atoms with E-state index in [1.165, 1.54) is 0 Å². The van der Waals surface area contributed by atoms with Crippen molar-refractivity contribution in [3.63, 3.8) is 0 Å². The fourth-order valence-corrected chi connectivity index (χ4v) is 2.40. The Morgan fingerprint density at radius 2 is 2.00 bits per heavy atom. The lowest BCUT2D eigenvalue weighted by Gasteiger charge is -2.46. The lowest BCUT2D eigenvalue weighted by molar-refractivity contribution is -0.139. The third kappa shape index (κ3) is 3.35. The van der Waals surface area contributed by atoms with Crippen LogP contribution in [0.5, 0.6) is 0 Å². The summed E-state index contributed by atoms with van der Waals surface area (Å²) in [5, 5.41) is 3.09. The average Bonchev–Trinajstić information content (AvgIpc) is 2.12. The highest BCUT2D eigenvalue weighted by Gasteiger charge is 2.43. The summed E-state index contributed by atoms with van der Waals surface area (Å²) in [6, 6.07) is 0.0357. The van der Waals surface area contributed by atoms with Crippen LogP contribution in [0.1, 0.15) is 38.5 Å². The van der Waals surface area contributed by atoms with Crippen LogP contribution >= 0.6 is 0 Å². The maximum Gasteiger partial charge on any atom is 0.389 e. The summed E-state index contributed by atoms with van der Waals surface area (Å²) >= 11 is 0. The monoisotopic (exact) mass is 239 g/mol. The molecule has 0 aromatic heterocycles. The van der Waals surface area contributed by atoms with E-state index < -0.39 is 12.6 Å². The standard InChI is InChI=1S/C11H20F3NO/c1-15-9(5-3-8-11(12,13)14)10(16-2)6-4-7-10/h9,15H,3-8H2,1-2H3. The molecule has 0 aromatic rings. The second-order valence-electron chi connectivity index (χ2n) is 4.47. The summed E-state index contributed by atoms with van der Waals surface area (Å²) in [6.07, 6.45) is -1.07. The molecule has 2 nitrogen and oxygen atoms in total. The molecule has 0 heterocycles. The van der Waals surface area contributed by atoms with Gasteiger partial charge in [-0.05, 0) is 39.2 Å². The first-order valence-corrected chi connectivity index (χ1v) is 5.73. The van der Waals surface area contributed by atoms with E-state index in [4.69, 9.17) is 4.74 Å². The summed E-state index contributed by atoms with van der Waals surface area (Å²) in [6.45, 7) is 0. The smallest absolute Gasteiger partial charge is 0.377 e. The number of halogens is 3. The second-order valence-corrected chi connectivity index (χ2v) is 4.47. The fraction of sp³-hybridized carbons (Fsp3) is 1.00. The topological polar surface area (TPSA) is 21.3 Å². The molecule has 1 fully saturated rings. The Morgan fingerprint density at radius 1 is 1.38 bits per heavy atom. The van der Waals surface area contributed by atoms with Crippen molar-refractivity contribution in [1.29, 1.82) is 0 Å². The van der Waals surface area contributed by atoms with E-state index in [1.54, 1.807) is 14.2 Å². The summed E-state index contributed by atoms with van der Waals surface area (Å²) in [5.74, 6) is 0. The van der Waals surface area contributed by atoms with Gasteiger partial charge in [-0.2, -0.15) is 13.2 Å². The zero-order chi connectivity index (χ0) is 12.2. The molecule has 1 aliphatic rings. The van der Waals surface area contributed by atoms with Crippen molar-refractivity contribution in [1.82, 2.24) is 5.32 Å². The first-order chi connectivity index (χ1) is 7.43. The molecule has 0 saturated heterocycles. The third-order valence-electron chi connectivity index (χ3n) is 3.54. The Morgan fingerprint density at radius 3 is 2.31 bits per heavy atom. The van der Waals surface area contributed by atoms with Crippen LogP contribution < -0.4 is 5.32 Å². The van der Waals surface area contributed by atoms with Crippen molar-refractivity contribution in [2.24, 2.45) is 0 Å². The van der Waals surface area contributed by atoms with Crippen molar-refractivity contribution >= 4 is 0 Å². The Bertz CT molecular complexity index is 208. The van der Waals surface area contributed by atoms with Gasteiger partial charge in [0.25, 0.3) is 0 Å². The van der Waals surface area contributed by atoms with Crippen LogP contribution in [-0.2, 0) is 4.74 Å². The number of methoxy groups -OCH3 is 1. The van der Waals surface area contributed by atoms with E-state index in [2.05, 4.69) is 5.32 Å². The van der Waals surface area contributed by atoms with Crippen LogP contribution in [0, 0.1) is 0 Å². The van der Waals surface area contributed by atoms with Gasteiger partial charge < -0.3 is 10.1 Å². The molecule has 0 bridgehead atoms. The summed E-state index contributed by atoms with van der Waals surface area (Å²) < 4.78 is 41.6. The van der Waals surface area contributed by atoms with E-state index in [-0.39, 0.29) is 18.1 Å². The Balaban J connectivity index is 2.37. The van der Waals surface area contributed by atoms with Gasteiger partial charge in [0.15, 0.2) is 0 Å². The molecule has 1 unspecified atom stereocenters. The van der Waals surface area contributed by atoms with E-state index in [0.29, 0.717) is 6.42 Å². The highest BCUT2D eigenvalue weighted by Crippen LogP contribution is 2.39. The molecule has 1 N–H and O–H groups in total. The normalized spacial score (nSPS) is 21.6. The largest absolute Gasteiger partial charge is 0.389 e. The molecule has 5 heteroatoms. The molecule has 0 amide bonds. The molecule has 0 radical (unpaired) electrons. The molecule has 1 rings (SSSR count).